The van der Waals surface area contributed by atoms with E-state index in [4.69, 9.17) is 0 Å². The van der Waals surface area contributed by atoms with Gasteiger partial charge in [-0.25, -0.2) is 4.39 Å². The monoisotopic (exact) mass is 221 g/mol. The third-order valence-electron chi connectivity index (χ3n) is 3.68. The topological polar surface area (TPSA) is 12.0 Å². The van der Waals surface area contributed by atoms with Crippen molar-refractivity contribution in [1.82, 2.24) is 5.32 Å². The van der Waals surface area contributed by atoms with E-state index in [0.717, 1.165) is 11.5 Å². The zero-order valence-corrected chi connectivity index (χ0v) is 9.88. The molecule has 1 saturated carbocycles. The number of hydrogen-bond donors (Lipinski definition) is 1. The molecule has 0 amide bonds. The number of benzene rings is 1. The van der Waals surface area contributed by atoms with Crippen LogP contribution in [0, 0.1) is 11.7 Å². The molecule has 16 heavy (non-hydrogen) atoms. The van der Waals surface area contributed by atoms with Crippen molar-refractivity contribution in [2.24, 2.45) is 5.92 Å². The van der Waals surface area contributed by atoms with Gasteiger partial charge in [-0.2, -0.15) is 0 Å². The Morgan fingerprint density at radius 1 is 1.31 bits per heavy atom. The zero-order chi connectivity index (χ0) is 11.4. The lowest BCUT2D eigenvalue weighted by Gasteiger charge is -2.20. The minimum atomic E-state index is -0.103. The van der Waals surface area contributed by atoms with E-state index in [1.807, 2.05) is 12.1 Å². The van der Waals surface area contributed by atoms with Crippen LogP contribution < -0.4 is 5.32 Å². The van der Waals surface area contributed by atoms with E-state index in [-0.39, 0.29) is 5.82 Å². The van der Waals surface area contributed by atoms with Gasteiger partial charge in [-0.15, -0.1) is 0 Å². The first-order valence-corrected chi connectivity index (χ1v) is 6.24. The quantitative estimate of drug-likeness (QED) is 0.820. The molecular formula is C14H20FN. The number of rotatable bonds is 4. The summed E-state index contributed by atoms with van der Waals surface area (Å²) < 4.78 is 13.4. The van der Waals surface area contributed by atoms with Crippen LogP contribution in [-0.4, -0.2) is 6.04 Å². The van der Waals surface area contributed by atoms with Gasteiger partial charge in [-0.1, -0.05) is 31.0 Å². The van der Waals surface area contributed by atoms with E-state index in [2.05, 4.69) is 12.2 Å². The van der Waals surface area contributed by atoms with E-state index in [0.29, 0.717) is 12.6 Å². The molecule has 0 saturated heterocycles. The summed E-state index contributed by atoms with van der Waals surface area (Å²) in [6.07, 6.45) is 5.36. The van der Waals surface area contributed by atoms with Crippen LogP contribution in [0.25, 0.3) is 0 Å². The summed E-state index contributed by atoms with van der Waals surface area (Å²) in [6.45, 7) is 2.86. The minimum Gasteiger partial charge on any atom is -0.310 e. The van der Waals surface area contributed by atoms with Crippen LogP contribution in [0.15, 0.2) is 24.3 Å². The lowest BCUT2D eigenvalue weighted by atomic mass is 9.99. The van der Waals surface area contributed by atoms with Gasteiger partial charge in [-0.3, -0.25) is 0 Å². The molecule has 1 atom stereocenters. The van der Waals surface area contributed by atoms with E-state index in [1.54, 1.807) is 6.07 Å². The first-order valence-electron chi connectivity index (χ1n) is 6.24. The molecule has 1 fully saturated rings. The standard InChI is InChI=1S/C14H20FN/c1-11(12-6-2-3-7-12)16-10-13-8-4-5-9-14(13)15/h4-5,8-9,11-12,16H,2-3,6-7,10H2,1H3. The summed E-state index contributed by atoms with van der Waals surface area (Å²) >= 11 is 0. The Kier molecular flexibility index (Phi) is 3.94. The highest BCUT2D eigenvalue weighted by Gasteiger charge is 2.20. The van der Waals surface area contributed by atoms with Gasteiger partial charge in [0.2, 0.25) is 0 Å². The molecule has 0 heterocycles. The van der Waals surface area contributed by atoms with Crippen molar-refractivity contribution < 1.29 is 4.39 Å². The summed E-state index contributed by atoms with van der Waals surface area (Å²) in [7, 11) is 0. The Labute approximate surface area is 97.1 Å². The first-order chi connectivity index (χ1) is 7.77. The highest BCUT2D eigenvalue weighted by atomic mass is 19.1. The van der Waals surface area contributed by atoms with Crippen molar-refractivity contribution >= 4 is 0 Å². The highest BCUT2D eigenvalue weighted by Crippen LogP contribution is 2.27. The third kappa shape index (κ3) is 2.82. The fourth-order valence-electron chi connectivity index (χ4n) is 2.54. The summed E-state index contributed by atoms with van der Waals surface area (Å²) in [5.74, 6) is 0.681. The molecule has 0 radical (unpaired) electrons. The van der Waals surface area contributed by atoms with Gasteiger partial charge >= 0.3 is 0 Å². The SMILES string of the molecule is CC(NCc1ccccc1F)C1CCCC1. The Balaban J connectivity index is 1.84. The molecule has 88 valence electrons. The van der Waals surface area contributed by atoms with Crippen LogP contribution in [0.1, 0.15) is 38.2 Å². The van der Waals surface area contributed by atoms with Crippen molar-refractivity contribution in [2.45, 2.75) is 45.2 Å². The second-order valence-corrected chi connectivity index (χ2v) is 4.81. The Morgan fingerprint density at radius 2 is 2.00 bits per heavy atom. The van der Waals surface area contributed by atoms with Crippen molar-refractivity contribution in [2.75, 3.05) is 0 Å². The molecule has 0 aromatic heterocycles. The normalized spacial score (nSPS) is 18.9. The van der Waals surface area contributed by atoms with Gasteiger partial charge in [0.1, 0.15) is 5.82 Å². The zero-order valence-electron chi connectivity index (χ0n) is 9.88. The molecule has 0 spiro atoms. The van der Waals surface area contributed by atoms with Crippen molar-refractivity contribution in [3.63, 3.8) is 0 Å². The molecule has 2 rings (SSSR count). The lowest BCUT2D eigenvalue weighted by molar-refractivity contribution is 0.378. The van der Waals surface area contributed by atoms with E-state index >= 15 is 0 Å². The molecule has 1 aliphatic rings. The predicted molar refractivity (Wildman–Crippen MR) is 64.7 cm³/mol. The lowest BCUT2D eigenvalue weighted by Crippen LogP contribution is -2.31. The summed E-state index contributed by atoms with van der Waals surface area (Å²) in [4.78, 5) is 0. The number of halogens is 1. The summed E-state index contributed by atoms with van der Waals surface area (Å²) in [6, 6.07) is 7.50. The maximum Gasteiger partial charge on any atom is 0.127 e. The third-order valence-corrected chi connectivity index (χ3v) is 3.68. The van der Waals surface area contributed by atoms with Crippen LogP contribution in [-0.2, 0) is 6.54 Å². The molecule has 1 aromatic rings. The molecule has 2 heteroatoms. The summed E-state index contributed by atoms with van der Waals surface area (Å²) in [5.41, 5.74) is 0.771. The van der Waals surface area contributed by atoms with Crippen molar-refractivity contribution in [3.8, 4) is 0 Å². The Hall–Kier alpha value is -0.890. The fraction of sp³-hybridized carbons (Fsp3) is 0.571. The molecule has 1 nitrogen and oxygen atoms in total. The maximum atomic E-state index is 13.4. The second-order valence-electron chi connectivity index (χ2n) is 4.81. The van der Waals surface area contributed by atoms with Gasteiger partial charge in [0.15, 0.2) is 0 Å². The smallest absolute Gasteiger partial charge is 0.127 e. The molecule has 1 aliphatic carbocycles. The van der Waals surface area contributed by atoms with Gasteiger partial charge < -0.3 is 5.32 Å². The number of hydrogen-bond acceptors (Lipinski definition) is 1. The van der Waals surface area contributed by atoms with Crippen LogP contribution in [0.5, 0.6) is 0 Å². The van der Waals surface area contributed by atoms with E-state index < -0.39 is 0 Å². The second kappa shape index (κ2) is 5.44. The molecule has 1 N–H and O–H groups in total. The minimum absolute atomic E-state index is 0.103. The van der Waals surface area contributed by atoms with Crippen LogP contribution in [0.3, 0.4) is 0 Å². The maximum absolute atomic E-state index is 13.4. The van der Waals surface area contributed by atoms with Gasteiger partial charge in [0.25, 0.3) is 0 Å². The predicted octanol–water partition coefficient (Wildman–Crippen LogP) is 3.49. The summed E-state index contributed by atoms with van der Waals surface area (Å²) in [5, 5.41) is 3.44. The first kappa shape index (κ1) is 11.6. The molecule has 0 aliphatic heterocycles. The van der Waals surface area contributed by atoms with Crippen molar-refractivity contribution in [1.29, 1.82) is 0 Å². The molecule has 1 aromatic carbocycles. The average Bonchev–Trinajstić information content (AvgIpc) is 2.81. The number of nitrogens with one attached hydrogen (secondary N) is 1. The van der Waals surface area contributed by atoms with Crippen molar-refractivity contribution in [3.05, 3.63) is 35.6 Å². The largest absolute Gasteiger partial charge is 0.310 e. The Morgan fingerprint density at radius 3 is 2.69 bits per heavy atom. The van der Waals surface area contributed by atoms with Crippen LogP contribution >= 0.6 is 0 Å². The molecule has 1 unspecified atom stereocenters. The Bertz CT molecular complexity index is 331. The fourth-order valence-corrected chi connectivity index (χ4v) is 2.54. The highest BCUT2D eigenvalue weighted by molar-refractivity contribution is 5.17. The van der Waals surface area contributed by atoms with Gasteiger partial charge in [0, 0.05) is 18.2 Å². The van der Waals surface area contributed by atoms with E-state index in [9.17, 15) is 4.39 Å². The molecule has 0 bridgehead atoms. The van der Waals surface area contributed by atoms with Gasteiger partial charge in [-0.05, 0) is 31.7 Å². The van der Waals surface area contributed by atoms with Gasteiger partial charge in [0.05, 0.1) is 0 Å². The van der Waals surface area contributed by atoms with Crippen LogP contribution in [0.4, 0.5) is 4.39 Å². The average molecular weight is 221 g/mol. The van der Waals surface area contributed by atoms with E-state index in [1.165, 1.54) is 31.7 Å². The molecular weight excluding hydrogens is 201 g/mol. The van der Waals surface area contributed by atoms with Crippen LogP contribution in [0.2, 0.25) is 0 Å².